The van der Waals surface area contributed by atoms with Crippen LogP contribution in [-0.2, 0) is 4.79 Å². The molecule has 1 aliphatic rings. The predicted molar refractivity (Wildman–Crippen MR) is 62.6 cm³/mol. The molecule has 1 aliphatic heterocycles. The number of rotatable bonds is 1. The van der Waals surface area contributed by atoms with Gasteiger partial charge in [-0.15, -0.1) is 0 Å². The van der Waals surface area contributed by atoms with Crippen LogP contribution in [0.3, 0.4) is 0 Å². The Morgan fingerprint density at radius 2 is 2.44 bits per heavy atom. The molecule has 5 nitrogen and oxygen atoms in total. The van der Waals surface area contributed by atoms with Crippen LogP contribution in [0, 0.1) is 0 Å². The summed E-state index contributed by atoms with van der Waals surface area (Å²) in [5, 5.41) is 3.36. The molecule has 0 atom stereocenters. The summed E-state index contributed by atoms with van der Waals surface area (Å²) in [7, 11) is 0. The number of anilines is 1. The normalized spacial score (nSPS) is 14.9. The molecule has 0 aromatic carbocycles. The Morgan fingerprint density at radius 3 is 3.12 bits per heavy atom. The molecular formula is C10H11ClN4O. The van der Waals surface area contributed by atoms with Gasteiger partial charge < -0.3 is 5.32 Å². The Morgan fingerprint density at radius 1 is 1.62 bits per heavy atom. The van der Waals surface area contributed by atoms with Gasteiger partial charge in [-0.3, -0.25) is 14.7 Å². The number of carbonyl (C=O) groups is 1. The van der Waals surface area contributed by atoms with Crippen molar-refractivity contribution >= 4 is 29.2 Å². The number of nitrogens with zero attached hydrogens (tertiary/aromatic N) is 3. The first-order valence-corrected chi connectivity index (χ1v) is 5.26. The highest BCUT2D eigenvalue weighted by Crippen LogP contribution is 2.18. The molecule has 1 N–H and O–H groups in total. The molecule has 1 aromatic rings. The average Bonchev–Trinajstić information content (AvgIpc) is 2.69. The van der Waals surface area contributed by atoms with Crippen LogP contribution in [0.4, 0.5) is 5.69 Å². The quantitative estimate of drug-likeness (QED) is 0.752. The molecule has 0 fully saturated rings. The number of guanidine groups is 1. The molecule has 0 radical (unpaired) electrons. The van der Waals surface area contributed by atoms with E-state index in [0.717, 1.165) is 0 Å². The Balaban J connectivity index is 2.16. The lowest BCUT2D eigenvalue weighted by Crippen LogP contribution is -2.36. The van der Waals surface area contributed by atoms with E-state index in [1.807, 2.05) is 0 Å². The number of halogens is 1. The van der Waals surface area contributed by atoms with Crippen molar-refractivity contribution in [3.05, 3.63) is 23.5 Å². The maximum atomic E-state index is 11.3. The third-order valence-corrected chi connectivity index (χ3v) is 2.53. The number of hydrogen-bond donors (Lipinski definition) is 1. The van der Waals surface area contributed by atoms with Gasteiger partial charge in [0, 0.05) is 19.7 Å². The van der Waals surface area contributed by atoms with Gasteiger partial charge in [-0.25, -0.2) is 4.98 Å². The van der Waals surface area contributed by atoms with E-state index >= 15 is 0 Å². The van der Waals surface area contributed by atoms with Crippen LogP contribution in [0.15, 0.2) is 23.3 Å². The van der Waals surface area contributed by atoms with Gasteiger partial charge in [-0.1, -0.05) is 11.6 Å². The van der Waals surface area contributed by atoms with Crippen molar-refractivity contribution in [2.45, 2.75) is 6.92 Å². The van der Waals surface area contributed by atoms with Crippen LogP contribution >= 0.6 is 11.6 Å². The summed E-state index contributed by atoms with van der Waals surface area (Å²) in [4.78, 5) is 21.0. The standard InChI is InChI=1S/C10H11ClN4O/c1-7(16)15-6-5-13-10(15)14-8-3-2-4-12-9(8)11/h2-4H,5-6H2,1H3,(H,13,14). The highest BCUT2D eigenvalue weighted by molar-refractivity contribution is 6.32. The van der Waals surface area contributed by atoms with Crippen molar-refractivity contribution in [1.82, 2.24) is 9.88 Å². The first kappa shape index (κ1) is 10.9. The highest BCUT2D eigenvalue weighted by atomic mass is 35.5. The Hall–Kier alpha value is -1.62. The van der Waals surface area contributed by atoms with E-state index in [0.29, 0.717) is 29.9 Å². The van der Waals surface area contributed by atoms with Gasteiger partial charge in [-0.2, -0.15) is 0 Å². The predicted octanol–water partition coefficient (Wildman–Crippen LogP) is 1.36. The number of carbonyl (C=O) groups excluding carboxylic acids is 1. The van der Waals surface area contributed by atoms with E-state index in [9.17, 15) is 4.79 Å². The minimum Gasteiger partial charge on any atom is -0.323 e. The van der Waals surface area contributed by atoms with E-state index in [4.69, 9.17) is 11.6 Å². The van der Waals surface area contributed by atoms with Crippen LogP contribution in [0.1, 0.15) is 6.92 Å². The van der Waals surface area contributed by atoms with E-state index in [1.54, 1.807) is 23.2 Å². The van der Waals surface area contributed by atoms with Crippen LogP contribution < -0.4 is 5.32 Å². The fourth-order valence-electron chi connectivity index (χ4n) is 1.46. The maximum Gasteiger partial charge on any atom is 0.226 e. The minimum atomic E-state index is -0.0382. The molecule has 2 heterocycles. The number of amides is 1. The molecule has 0 aliphatic carbocycles. The molecule has 0 spiro atoms. The smallest absolute Gasteiger partial charge is 0.226 e. The third-order valence-electron chi connectivity index (χ3n) is 2.23. The minimum absolute atomic E-state index is 0.0382. The molecule has 6 heteroatoms. The number of hydrogen-bond acceptors (Lipinski definition) is 4. The molecular weight excluding hydrogens is 228 g/mol. The van der Waals surface area contributed by atoms with Crippen molar-refractivity contribution in [3.63, 3.8) is 0 Å². The monoisotopic (exact) mass is 238 g/mol. The van der Waals surface area contributed by atoms with Gasteiger partial charge in [-0.05, 0) is 12.1 Å². The summed E-state index contributed by atoms with van der Waals surface area (Å²) in [6, 6.07) is 3.55. The molecule has 0 saturated heterocycles. The zero-order valence-electron chi connectivity index (χ0n) is 8.77. The molecule has 1 aromatic heterocycles. The molecule has 0 unspecified atom stereocenters. The highest BCUT2D eigenvalue weighted by Gasteiger charge is 2.21. The number of aliphatic imine (C=N–C) groups is 1. The third kappa shape index (κ3) is 2.14. The van der Waals surface area contributed by atoms with E-state index in [1.165, 1.54) is 6.92 Å². The zero-order valence-corrected chi connectivity index (χ0v) is 9.53. The summed E-state index contributed by atoms with van der Waals surface area (Å²) in [6.45, 7) is 2.72. The Labute approximate surface area is 98.1 Å². The van der Waals surface area contributed by atoms with Crippen LogP contribution in [0.2, 0.25) is 5.15 Å². The van der Waals surface area contributed by atoms with Crippen LogP contribution in [0.5, 0.6) is 0 Å². The Bertz CT molecular complexity index is 446. The maximum absolute atomic E-state index is 11.3. The number of nitrogens with one attached hydrogen (secondary N) is 1. The molecule has 84 valence electrons. The van der Waals surface area contributed by atoms with Crippen LogP contribution in [0.25, 0.3) is 0 Å². The second-order valence-corrected chi connectivity index (χ2v) is 3.70. The lowest BCUT2D eigenvalue weighted by Gasteiger charge is -2.17. The van der Waals surface area contributed by atoms with Gasteiger partial charge in [0.25, 0.3) is 0 Å². The van der Waals surface area contributed by atoms with Gasteiger partial charge in [0.05, 0.1) is 12.2 Å². The van der Waals surface area contributed by atoms with E-state index < -0.39 is 0 Å². The second-order valence-electron chi connectivity index (χ2n) is 3.34. The average molecular weight is 239 g/mol. The SMILES string of the molecule is CC(=O)N1CCN=C1Nc1cccnc1Cl. The molecule has 16 heavy (non-hydrogen) atoms. The van der Waals surface area contributed by atoms with Crippen molar-refractivity contribution in [1.29, 1.82) is 0 Å². The summed E-state index contributed by atoms with van der Waals surface area (Å²) < 4.78 is 0. The van der Waals surface area contributed by atoms with Crippen LogP contribution in [-0.4, -0.2) is 34.8 Å². The van der Waals surface area contributed by atoms with Crippen molar-refractivity contribution < 1.29 is 4.79 Å². The summed E-state index contributed by atoms with van der Waals surface area (Å²) in [5.41, 5.74) is 0.649. The lowest BCUT2D eigenvalue weighted by atomic mass is 10.4. The van der Waals surface area contributed by atoms with Gasteiger partial charge in [0.1, 0.15) is 0 Å². The summed E-state index contributed by atoms with van der Waals surface area (Å²) in [6.07, 6.45) is 1.60. The van der Waals surface area contributed by atoms with Gasteiger partial charge in [0.2, 0.25) is 11.9 Å². The number of aromatic nitrogens is 1. The zero-order chi connectivity index (χ0) is 11.5. The number of pyridine rings is 1. The molecule has 0 bridgehead atoms. The molecule has 0 saturated carbocycles. The molecule has 1 amide bonds. The topological polar surface area (TPSA) is 57.6 Å². The fourth-order valence-corrected chi connectivity index (χ4v) is 1.63. The summed E-state index contributed by atoms with van der Waals surface area (Å²) >= 11 is 5.90. The first-order chi connectivity index (χ1) is 7.68. The van der Waals surface area contributed by atoms with Crippen molar-refractivity contribution in [3.8, 4) is 0 Å². The van der Waals surface area contributed by atoms with Gasteiger partial charge >= 0.3 is 0 Å². The lowest BCUT2D eigenvalue weighted by molar-refractivity contribution is -0.124. The Kier molecular flexibility index (Phi) is 3.05. The fraction of sp³-hybridized carbons (Fsp3) is 0.300. The first-order valence-electron chi connectivity index (χ1n) is 4.88. The van der Waals surface area contributed by atoms with Gasteiger partial charge in [0.15, 0.2) is 5.15 Å². The van der Waals surface area contributed by atoms with E-state index in [-0.39, 0.29) is 5.91 Å². The van der Waals surface area contributed by atoms with Crippen molar-refractivity contribution in [2.75, 3.05) is 18.4 Å². The van der Waals surface area contributed by atoms with E-state index in [2.05, 4.69) is 15.3 Å². The summed E-state index contributed by atoms with van der Waals surface area (Å²) in [5.74, 6) is 0.492. The largest absolute Gasteiger partial charge is 0.323 e. The van der Waals surface area contributed by atoms with Crippen molar-refractivity contribution in [2.24, 2.45) is 4.99 Å². The molecule has 2 rings (SSSR count). The second kappa shape index (κ2) is 4.49.